The summed E-state index contributed by atoms with van der Waals surface area (Å²) in [5.74, 6) is 1.19. The fourth-order valence-corrected chi connectivity index (χ4v) is 2.82. The number of imidazole rings is 1. The Balaban J connectivity index is 1.95. The van der Waals surface area contributed by atoms with Gasteiger partial charge in [0.05, 0.1) is 5.69 Å². The predicted octanol–water partition coefficient (Wildman–Crippen LogP) is 6.22. The summed E-state index contributed by atoms with van der Waals surface area (Å²) in [6.45, 7) is 4.53. The fraction of sp³-hybridized carbons (Fsp3) is 0.842. The molecule has 0 amide bonds. The lowest BCUT2D eigenvalue weighted by atomic mass is 10.1. The summed E-state index contributed by atoms with van der Waals surface area (Å²) in [7, 11) is 0. The van der Waals surface area contributed by atoms with Crippen molar-refractivity contribution < 1.29 is 0 Å². The minimum absolute atomic E-state index is 1.12. The third-order valence-electron chi connectivity index (χ3n) is 4.24. The molecule has 0 aliphatic rings. The van der Waals surface area contributed by atoms with E-state index in [1.54, 1.807) is 0 Å². The molecule has 0 aromatic carbocycles. The van der Waals surface area contributed by atoms with Crippen LogP contribution in [0.15, 0.2) is 6.20 Å². The summed E-state index contributed by atoms with van der Waals surface area (Å²) in [4.78, 5) is 8.03. The maximum absolute atomic E-state index is 4.69. The first-order valence-electron chi connectivity index (χ1n) is 9.40. The van der Waals surface area contributed by atoms with E-state index in [1.165, 1.54) is 88.6 Å². The van der Waals surface area contributed by atoms with Crippen molar-refractivity contribution in [2.45, 2.75) is 104 Å². The van der Waals surface area contributed by atoms with Crippen molar-refractivity contribution in [3.63, 3.8) is 0 Å². The van der Waals surface area contributed by atoms with Crippen LogP contribution in [0.5, 0.6) is 0 Å². The molecule has 0 bridgehead atoms. The molecule has 21 heavy (non-hydrogen) atoms. The Hall–Kier alpha value is -0.790. The molecule has 0 aliphatic heterocycles. The highest BCUT2D eigenvalue weighted by Gasteiger charge is 2.01. The molecule has 0 aliphatic carbocycles. The smallest absolute Gasteiger partial charge is 0.106 e. The Morgan fingerprint density at radius 2 is 1.24 bits per heavy atom. The van der Waals surface area contributed by atoms with Crippen molar-refractivity contribution in [3.05, 3.63) is 17.7 Å². The molecule has 2 nitrogen and oxygen atoms in total. The number of aromatic amines is 1. The molecule has 0 saturated carbocycles. The van der Waals surface area contributed by atoms with Crippen molar-refractivity contribution in [2.75, 3.05) is 0 Å². The van der Waals surface area contributed by atoms with Crippen LogP contribution in [0, 0.1) is 0 Å². The van der Waals surface area contributed by atoms with E-state index in [-0.39, 0.29) is 0 Å². The van der Waals surface area contributed by atoms with E-state index in [0.29, 0.717) is 0 Å². The molecule has 2 heteroatoms. The van der Waals surface area contributed by atoms with Crippen LogP contribution in [-0.2, 0) is 12.8 Å². The highest BCUT2D eigenvalue weighted by atomic mass is 14.9. The van der Waals surface area contributed by atoms with Crippen LogP contribution in [0.4, 0.5) is 0 Å². The van der Waals surface area contributed by atoms with Crippen LogP contribution >= 0.6 is 0 Å². The zero-order chi connectivity index (χ0) is 15.2. The summed E-state index contributed by atoms with van der Waals surface area (Å²) >= 11 is 0. The Bertz CT molecular complexity index is 330. The van der Waals surface area contributed by atoms with Crippen LogP contribution in [0.3, 0.4) is 0 Å². The maximum Gasteiger partial charge on any atom is 0.106 e. The van der Waals surface area contributed by atoms with Gasteiger partial charge in [-0.1, -0.05) is 78.1 Å². The highest BCUT2D eigenvalue weighted by Crippen LogP contribution is 2.11. The molecule has 1 aromatic rings. The number of aryl methyl sites for hydroxylation is 2. The van der Waals surface area contributed by atoms with Crippen LogP contribution < -0.4 is 0 Å². The molecule has 0 saturated heterocycles. The number of H-pyrrole nitrogens is 1. The van der Waals surface area contributed by atoms with E-state index >= 15 is 0 Å². The molecular weight excluding hydrogens is 256 g/mol. The van der Waals surface area contributed by atoms with Crippen LogP contribution in [0.1, 0.15) is 102 Å². The summed E-state index contributed by atoms with van der Waals surface area (Å²) in [5.41, 5.74) is 1.27. The van der Waals surface area contributed by atoms with Crippen molar-refractivity contribution in [2.24, 2.45) is 0 Å². The molecule has 1 N–H and O–H groups in total. The number of rotatable bonds is 14. The third kappa shape index (κ3) is 9.71. The van der Waals surface area contributed by atoms with Crippen molar-refractivity contribution >= 4 is 0 Å². The first kappa shape index (κ1) is 18.3. The fourth-order valence-electron chi connectivity index (χ4n) is 2.82. The Morgan fingerprint density at radius 1 is 0.714 bits per heavy atom. The highest BCUT2D eigenvalue weighted by molar-refractivity contribution is 5.01. The molecule has 0 atom stereocenters. The SMILES string of the molecule is CCCCCCCCCCCc1c[nH]c(CCCCC)n1. The quantitative estimate of drug-likeness (QED) is 0.405. The predicted molar refractivity (Wildman–Crippen MR) is 92.7 cm³/mol. The molecule has 0 fully saturated rings. The summed E-state index contributed by atoms with van der Waals surface area (Å²) in [5, 5.41) is 0. The first-order chi connectivity index (χ1) is 10.4. The van der Waals surface area contributed by atoms with Crippen molar-refractivity contribution in [1.82, 2.24) is 9.97 Å². The number of hydrogen-bond acceptors (Lipinski definition) is 1. The van der Waals surface area contributed by atoms with Gasteiger partial charge >= 0.3 is 0 Å². The van der Waals surface area contributed by atoms with Gasteiger partial charge in [0.25, 0.3) is 0 Å². The molecule has 0 radical (unpaired) electrons. The average molecular weight is 293 g/mol. The summed E-state index contributed by atoms with van der Waals surface area (Å²) in [6, 6.07) is 0. The van der Waals surface area contributed by atoms with E-state index < -0.39 is 0 Å². The van der Waals surface area contributed by atoms with E-state index in [9.17, 15) is 0 Å². The number of nitrogens with zero attached hydrogens (tertiary/aromatic N) is 1. The van der Waals surface area contributed by atoms with Crippen LogP contribution in [0.2, 0.25) is 0 Å². The Kier molecular flexibility index (Phi) is 11.2. The van der Waals surface area contributed by atoms with Gasteiger partial charge in [-0.15, -0.1) is 0 Å². The lowest BCUT2D eigenvalue weighted by molar-refractivity contribution is 0.563. The first-order valence-corrected chi connectivity index (χ1v) is 9.40. The van der Waals surface area contributed by atoms with Gasteiger partial charge in [0, 0.05) is 12.6 Å². The average Bonchev–Trinajstić information content (AvgIpc) is 2.94. The van der Waals surface area contributed by atoms with Crippen LogP contribution in [-0.4, -0.2) is 9.97 Å². The van der Waals surface area contributed by atoms with Crippen molar-refractivity contribution in [3.8, 4) is 0 Å². The van der Waals surface area contributed by atoms with E-state index in [1.807, 2.05) is 0 Å². The van der Waals surface area contributed by atoms with E-state index in [2.05, 4.69) is 25.0 Å². The van der Waals surface area contributed by atoms with Gasteiger partial charge in [0.15, 0.2) is 0 Å². The Labute approximate surface area is 132 Å². The monoisotopic (exact) mass is 292 g/mol. The lowest BCUT2D eigenvalue weighted by Crippen LogP contribution is -1.90. The molecular formula is C19H36N2. The largest absolute Gasteiger partial charge is 0.348 e. The number of aromatic nitrogens is 2. The van der Waals surface area contributed by atoms with Crippen molar-refractivity contribution in [1.29, 1.82) is 0 Å². The van der Waals surface area contributed by atoms with Gasteiger partial charge in [-0.3, -0.25) is 0 Å². The normalized spacial score (nSPS) is 11.1. The Morgan fingerprint density at radius 3 is 1.90 bits per heavy atom. The second-order valence-electron chi connectivity index (χ2n) is 6.37. The van der Waals surface area contributed by atoms with Gasteiger partial charge in [-0.25, -0.2) is 4.98 Å². The molecule has 1 aromatic heterocycles. The minimum atomic E-state index is 1.12. The second-order valence-corrected chi connectivity index (χ2v) is 6.37. The van der Waals surface area contributed by atoms with Gasteiger partial charge in [-0.05, 0) is 19.3 Å². The summed E-state index contributed by atoms with van der Waals surface area (Å²) < 4.78 is 0. The van der Waals surface area contributed by atoms with E-state index in [0.717, 1.165) is 12.8 Å². The standard InChI is InChI=1S/C19H36N2/c1-3-5-7-8-9-10-11-12-14-15-18-17-20-19(21-18)16-13-6-4-2/h17H,3-16H2,1-2H3,(H,20,21). The van der Waals surface area contributed by atoms with Crippen LogP contribution in [0.25, 0.3) is 0 Å². The molecule has 1 heterocycles. The van der Waals surface area contributed by atoms with Gasteiger partial charge in [0.1, 0.15) is 5.82 Å². The van der Waals surface area contributed by atoms with Gasteiger partial charge < -0.3 is 4.98 Å². The van der Waals surface area contributed by atoms with Gasteiger partial charge in [-0.2, -0.15) is 0 Å². The third-order valence-corrected chi connectivity index (χ3v) is 4.24. The topological polar surface area (TPSA) is 28.7 Å². The lowest BCUT2D eigenvalue weighted by Gasteiger charge is -2.01. The zero-order valence-electron chi connectivity index (χ0n) is 14.4. The molecule has 0 unspecified atom stereocenters. The second kappa shape index (κ2) is 12.9. The number of unbranched alkanes of at least 4 members (excludes halogenated alkanes) is 10. The van der Waals surface area contributed by atoms with Gasteiger partial charge in [0.2, 0.25) is 0 Å². The molecule has 0 spiro atoms. The molecule has 1 rings (SSSR count). The zero-order valence-corrected chi connectivity index (χ0v) is 14.4. The van der Waals surface area contributed by atoms with E-state index in [4.69, 9.17) is 4.98 Å². The maximum atomic E-state index is 4.69. The summed E-state index contributed by atoms with van der Waals surface area (Å²) in [6.07, 6.45) is 20.8. The number of nitrogens with one attached hydrogen (secondary N) is 1. The number of hydrogen-bond donors (Lipinski definition) is 1. The molecule has 122 valence electrons. The minimum Gasteiger partial charge on any atom is -0.348 e.